The fourth-order valence-corrected chi connectivity index (χ4v) is 4.84. The van der Waals surface area contributed by atoms with Crippen molar-refractivity contribution >= 4 is 34.3 Å². The maximum Gasteiger partial charge on any atom is 0.262 e. The van der Waals surface area contributed by atoms with E-state index in [1.54, 1.807) is 22.8 Å². The zero-order valence-electron chi connectivity index (χ0n) is 17.4. The standard InChI is InChI=1S/C23H21ClN4O3S/c1-14(20-26-27-21(31-20)15-6-3-2-4-7-15)32-23-25-19-12-16(24)9-10-18(19)22(29)28(23)13-17-8-5-11-30-17/h2-4,6-7,9-10,12,14,17H,5,8,11,13H2,1H3/t14-,17+/m0/s1. The van der Waals surface area contributed by atoms with E-state index in [2.05, 4.69) is 10.2 Å². The maximum absolute atomic E-state index is 13.3. The predicted molar refractivity (Wildman–Crippen MR) is 124 cm³/mol. The van der Waals surface area contributed by atoms with Crippen LogP contribution in [-0.4, -0.2) is 32.5 Å². The molecule has 3 heterocycles. The number of rotatable bonds is 6. The Morgan fingerprint density at radius 2 is 2.06 bits per heavy atom. The molecule has 0 amide bonds. The Hall–Kier alpha value is -2.68. The van der Waals surface area contributed by atoms with E-state index in [-0.39, 0.29) is 16.9 Å². The van der Waals surface area contributed by atoms with E-state index in [9.17, 15) is 4.79 Å². The lowest BCUT2D eigenvalue weighted by Crippen LogP contribution is -2.29. The van der Waals surface area contributed by atoms with Crippen molar-refractivity contribution in [2.45, 2.75) is 42.8 Å². The summed E-state index contributed by atoms with van der Waals surface area (Å²) in [6.45, 7) is 3.13. The third-order valence-corrected chi connectivity index (χ3v) is 6.70. The van der Waals surface area contributed by atoms with Gasteiger partial charge in [-0.1, -0.05) is 41.6 Å². The second-order valence-electron chi connectivity index (χ2n) is 7.68. The molecule has 0 spiro atoms. The minimum atomic E-state index is -0.209. The molecule has 0 radical (unpaired) electrons. The summed E-state index contributed by atoms with van der Waals surface area (Å²) in [5.41, 5.74) is 1.32. The monoisotopic (exact) mass is 468 g/mol. The van der Waals surface area contributed by atoms with E-state index in [4.69, 9.17) is 25.7 Å². The van der Waals surface area contributed by atoms with Crippen LogP contribution in [-0.2, 0) is 11.3 Å². The highest BCUT2D eigenvalue weighted by Gasteiger charge is 2.23. The lowest BCUT2D eigenvalue weighted by Gasteiger charge is -2.17. The molecule has 2 aromatic carbocycles. The van der Waals surface area contributed by atoms with E-state index < -0.39 is 0 Å². The molecule has 7 nitrogen and oxygen atoms in total. The summed E-state index contributed by atoms with van der Waals surface area (Å²) < 4.78 is 13.4. The maximum atomic E-state index is 13.3. The quantitative estimate of drug-likeness (QED) is 0.286. The molecule has 9 heteroatoms. The number of benzene rings is 2. The van der Waals surface area contributed by atoms with Crippen LogP contribution in [0.2, 0.25) is 5.02 Å². The molecule has 0 bridgehead atoms. The molecule has 0 unspecified atom stereocenters. The molecule has 0 N–H and O–H groups in total. The van der Waals surface area contributed by atoms with Gasteiger partial charge in [-0.05, 0) is 50.1 Å². The van der Waals surface area contributed by atoms with Crippen molar-refractivity contribution in [2.75, 3.05) is 6.61 Å². The first-order chi connectivity index (χ1) is 15.6. The summed E-state index contributed by atoms with van der Waals surface area (Å²) in [5.74, 6) is 0.931. The van der Waals surface area contributed by atoms with E-state index >= 15 is 0 Å². The van der Waals surface area contributed by atoms with Gasteiger partial charge in [-0.3, -0.25) is 9.36 Å². The highest BCUT2D eigenvalue weighted by atomic mass is 35.5. The van der Waals surface area contributed by atoms with Crippen LogP contribution < -0.4 is 5.56 Å². The normalized spacial score (nSPS) is 17.1. The largest absolute Gasteiger partial charge is 0.419 e. The SMILES string of the molecule is C[C@H](Sc1nc2cc(Cl)ccc2c(=O)n1C[C@H]1CCCO1)c1nnc(-c2ccccc2)o1. The first-order valence-electron chi connectivity index (χ1n) is 10.5. The van der Waals surface area contributed by atoms with Crippen molar-refractivity contribution < 1.29 is 9.15 Å². The molecule has 1 aliphatic rings. The molecule has 0 saturated carbocycles. The highest BCUT2D eigenvalue weighted by Crippen LogP contribution is 2.35. The van der Waals surface area contributed by atoms with Crippen LogP contribution in [0.3, 0.4) is 0 Å². The zero-order valence-corrected chi connectivity index (χ0v) is 19.0. The summed E-state index contributed by atoms with van der Waals surface area (Å²) in [4.78, 5) is 18.1. The van der Waals surface area contributed by atoms with Gasteiger partial charge in [0, 0.05) is 17.2 Å². The second kappa shape index (κ2) is 9.05. The van der Waals surface area contributed by atoms with Crippen molar-refractivity contribution in [3.63, 3.8) is 0 Å². The minimum Gasteiger partial charge on any atom is -0.419 e. The van der Waals surface area contributed by atoms with Crippen LogP contribution in [0.15, 0.2) is 62.9 Å². The number of hydrogen-bond acceptors (Lipinski definition) is 7. The molecule has 1 saturated heterocycles. The van der Waals surface area contributed by atoms with E-state index in [0.29, 0.717) is 39.4 Å². The summed E-state index contributed by atoms with van der Waals surface area (Å²) in [6.07, 6.45) is 1.93. The summed E-state index contributed by atoms with van der Waals surface area (Å²) >= 11 is 7.56. The van der Waals surface area contributed by atoms with Gasteiger partial charge >= 0.3 is 0 Å². The van der Waals surface area contributed by atoms with Crippen molar-refractivity contribution in [1.82, 2.24) is 19.7 Å². The van der Waals surface area contributed by atoms with Crippen molar-refractivity contribution in [3.05, 3.63) is 69.8 Å². The van der Waals surface area contributed by atoms with Crippen molar-refractivity contribution in [2.24, 2.45) is 0 Å². The van der Waals surface area contributed by atoms with Gasteiger partial charge in [0.15, 0.2) is 5.16 Å². The lowest BCUT2D eigenvalue weighted by molar-refractivity contribution is 0.0937. The molecule has 32 heavy (non-hydrogen) atoms. The van der Waals surface area contributed by atoms with Gasteiger partial charge in [-0.2, -0.15) is 0 Å². The van der Waals surface area contributed by atoms with Gasteiger partial charge in [-0.25, -0.2) is 4.98 Å². The Balaban J connectivity index is 1.49. The number of halogens is 1. The fourth-order valence-electron chi connectivity index (χ4n) is 3.72. The Morgan fingerprint density at radius 1 is 1.22 bits per heavy atom. The average molecular weight is 469 g/mol. The molecule has 0 aliphatic carbocycles. The van der Waals surface area contributed by atoms with Gasteiger partial charge in [-0.15, -0.1) is 10.2 Å². The van der Waals surface area contributed by atoms with Gasteiger partial charge < -0.3 is 9.15 Å². The molecule has 1 aliphatic heterocycles. The van der Waals surface area contributed by atoms with Gasteiger partial charge in [0.2, 0.25) is 11.8 Å². The zero-order chi connectivity index (χ0) is 22.1. The molecule has 2 atom stereocenters. The second-order valence-corrected chi connectivity index (χ2v) is 9.42. The van der Waals surface area contributed by atoms with Crippen LogP contribution >= 0.6 is 23.4 Å². The first-order valence-corrected chi connectivity index (χ1v) is 11.7. The number of nitrogens with zero attached hydrogens (tertiary/aromatic N) is 4. The molecular formula is C23H21ClN4O3S. The topological polar surface area (TPSA) is 83.0 Å². The summed E-state index contributed by atoms with van der Waals surface area (Å²) in [5, 5.41) is 9.84. The van der Waals surface area contributed by atoms with Gasteiger partial charge in [0.1, 0.15) is 0 Å². The number of aromatic nitrogens is 4. The molecule has 1 fully saturated rings. The van der Waals surface area contributed by atoms with E-state index in [0.717, 1.165) is 25.0 Å². The Bertz CT molecular complexity index is 1300. The first kappa shape index (κ1) is 21.2. The number of hydrogen-bond donors (Lipinski definition) is 0. The molecule has 5 rings (SSSR count). The number of thioether (sulfide) groups is 1. The number of ether oxygens (including phenoxy) is 1. The van der Waals surface area contributed by atoms with Gasteiger partial charge in [0.05, 0.1) is 28.8 Å². The van der Waals surface area contributed by atoms with E-state index in [1.165, 1.54) is 11.8 Å². The van der Waals surface area contributed by atoms with E-state index in [1.807, 2.05) is 37.3 Å². The molecule has 164 valence electrons. The third kappa shape index (κ3) is 4.30. The Labute approximate surface area is 193 Å². The molecular weight excluding hydrogens is 448 g/mol. The van der Waals surface area contributed by atoms with Crippen molar-refractivity contribution in [1.29, 1.82) is 0 Å². The minimum absolute atomic E-state index is 0.00185. The van der Waals surface area contributed by atoms with Crippen LogP contribution in [0.5, 0.6) is 0 Å². The van der Waals surface area contributed by atoms with Crippen molar-refractivity contribution in [3.8, 4) is 11.5 Å². The predicted octanol–water partition coefficient (Wildman–Crippen LogP) is 5.13. The molecule has 2 aromatic heterocycles. The smallest absolute Gasteiger partial charge is 0.262 e. The molecule has 4 aromatic rings. The highest BCUT2D eigenvalue weighted by molar-refractivity contribution is 7.99. The van der Waals surface area contributed by atoms with Gasteiger partial charge in [0.25, 0.3) is 5.56 Å². The third-order valence-electron chi connectivity index (χ3n) is 5.38. The van der Waals surface area contributed by atoms with Crippen LogP contribution in [0.25, 0.3) is 22.4 Å². The van der Waals surface area contributed by atoms with Crippen LogP contribution in [0.1, 0.15) is 30.9 Å². The lowest BCUT2D eigenvalue weighted by atomic mass is 10.2. The Kier molecular flexibility index (Phi) is 5.99. The van der Waals surface area contributed by atoms with Crippen LogP contribution in [0, 0.1) is 0 Å². The average Bonchev–Trinajstić information content (AvgIpc) is 3.49. The Morgan fingerprint density at radius 3 is 2.84 bits per heavy atom. The number of fused-ring (bicyclic) bond motifs is 1. The summed E-state index contributed by atoms with van der Waals surface area (Å²) in [7, 11) is 0. The fraction of sp³-hybridized carbons (Fsp3) is 0.304. The van der Waals surface area contributed by atoms with Crippen LogP contribution in [0.4, 0.5) is 0 Å². The summed E-state index contributed by atoms with van der Waals surface area (Å²) in [6, 6.07) is 14.8.